The molecule has 2 unspecified atom stereocenters. The van der Waals surface area contributed by atoms with Crippen LogP contribution in [0.4, 0.5) is 0 Å². The fraction of sp³-hybridized carbons (Fsp3) is 0.333. The molecular weight excluding hydrogens is 204 g/mol. The molecule has 1 heterocycles. The van der Waals surface area contributed by atoms with Crippen LogP contribution in [0.25, 0.3) is 0 Å². The van der Waals surface area contributed by atoms with Crippen LogP contribution < -0.4 is 5.32 Å². The van der Waals surface area contributed by atoms with E-state index >= 15 is 0 Å². The van der Waals surface area contributed by atoms with Gasteiger partial charge in [-0.15, -0.1) is 0 Å². The van der Waals surface area contributed by atoms with Gasteiger partial charge in [0.2, 0.25) is 0 Å². The van der Waals surface area contributed by atoms with Gasteiger partial charge in [-0.2, -0.15) is 5.26 Å². The number of hydrogen-bond donors (Lipinski definition) is 2. The quantitative estimate of drug-likeness (QED) is 0.776. The molecule has 0 bridgehead atoms. The Hall–Kier alpha value is -1.86. The summed E-state index contributed by atoms with van der Waals surface area (Å²) in [5.41, 5.74) is -0.595. The van der Waals surface area contributed by atoms with E-state index in [-0.39, 0.29) is 0 Å². The van der Waals surface area contributed by atoms with Crippen molar-refractivity contribution in [1.82, 2.24) is 5.32 Å². The van der Waals surface area contributed by atoms with Crippen molar-refractivity contribution in [2.45, 2.75) is 12.0 Å². The summed E-state index contributed by atoms with van der Waals surface area (Å²) < 4.78 is 0. The zero-order chi connectivity index (χ0) is 11.6. The average molecular weight is 216 g/mol. The van der Waals surface area contributed by atoms with Gasteiger partial charge in [-0.25, -0.2) is 4.79 Å². The van der Waals surface area contributed by atoms with Crippen molar-refractivity contribution in [3.05, 3.63) is 35.9 Å². The number of carboxylic acids is 1. The number of rotatable bonds is 2. The Morgan fingerprint density at radius 2 is 2.19 bits per heavy atom. The van der Waals surface area contributed by atoms with Crippen molar-refractivity contribution >= 4 is 5.97 Å². The third-order valence-corrected chi connectivity index (χ3v) is 3.08. The lowest BCUT2D eigenvalue weighted by atomic mass is 9.80. The third kappa shape index (κ3) is 1.37. The molecular formula is C12H12N2O2. The van der Waals surface area contributed by atoms with Gasteiger partial charge in [-0.05, 0) is 18.5 Å². The summed E-state index contributed by atoms with van der Waals surface area (Å²) >= 11 is 0. The number of carboxylic acid groups (broad SMARTS) is 1. The number of aliphatic carboxylic acids is 1. The number of benzene rings is 1. The molecule has 0 amide bonds. The van der Waals surface area contributed by atoms with Crippen LogP contribution in [0.3, 0.4) is 0 Å². The van der Waals surface area contributed by atoms with Gasteiger partial charge in [0.25, 0.3) is 0 Å². The van der Waals surface area contributed by atoms with E-state index in [9.17, 15) is 9.90 Å². The minimum Gasteiger partial charge on any atom is -0.480 e. The van der Waals surface area contributed by atoms with E-state index in [4.69, 9.17) is 5.26 Å². The van der Waals surface area contributed by atoms with Gasteiger partial charge in [0.1, 0.15) is 0 Å². The number of nitriles is 1. The molecule has 16 heavy (non-hydrogen) atoms. The van der Waals surface area contributed by atoms with Crippen LogP contribution in [0.2, 0.25) is 0 Å². The number of nitrogens with zero attached hydrogens (tertiary/aromatic N) is 1. The van der Waals surface area contributed by atoms with Crippen molar-refractivity contribution < 1.29 is 9.90 Å². The van der Waals surface area contributed by atoms with Crippen molar-refractivity contribution in [2.24, 2.45) is 5.92 Å². The Balaban J connectivity index is 2.53. The predicted octanol–water partition coefficient (Wildman–Crippen LogP) is 1.10. The highest BCUT2D eigenvalue weighted by Gasteiger charge is 2.50. The highest BCUT2D eigenvalue weighted by atomic mass is 16.4. The Morgan fingerprint density at radius 3 is 2.75 bits per heavy atom. The highest BCUT2D eigenvalue weighted by molar-refractivity contribution is 5.82. The summed E-state index contributed by atoms with van der Waals surface area (Å²) in [6, 6.07) is 11.0. The topological polar surface area (TPSA) is 73.1 Å². The monoisotopic (exact) mass is 216 g/mol. The minimum absolute atomic E-state index is 0.521. The Labute approximate surface area is 93.5 Å². The van der Waals surface area contributed by atoms with Crippen molar-refractivity contribution in [1.29, 1.82) is 5.26 Å². The van der Waals surface area contributed by atoms with E-state index in [2.05, 4.69) is 11.4 Å². The standard InChI is InChI=1S/C12H12N2O2/c13-8-10-6-7-14-12(10,11(15)16)9-4-2-1-3-5-9/h1-5,10,14H,6-7H2,(H,15,16). The first kappa shape index (κ1) is 10.7. The Bertz CT molecular complexity index is 438. The van der Waals surface area contributed by atoms with Gasteiger partial charge in [0.05, 0.1) is 12.0 Å². The second-order valence-corrected chi connectivity index (χ2v) is 3.88. The van der Waals surface area contributed by atoms with E-state index in [0.717, 1.165) is 0 Å². The molecule has 82 valence electrons. The van der Waals surface area contributed by atoms with E-state index in [1.807, 2.05) is 6.07 Å². The molecule has 2 atom stereocenters. The van der Waals surface area contributed by atoms with Crippen LogP contribution >= 0.6 is 0 Å². The Morgan fingerprint density at radius 1 is 1.50 bits per heavy atom. The van der Waals surface area contributed by atoms with Crippen molar-refractivity contribution in [3.8, 4) is 6.07 Å². The van der Waals surface area contributed by atoms with Crippen LogP contribution in [0.15, 0.2) is 30.3 Å². The summed E-state index contributed by atoms with van der Waals surface area (Å²) in [4.78, 5) is 11.5. The van der Waals surface area contributed by atoms with Crippen LogP contribution in [0, 0.1) is 17.2 Å². The SMILES string of the molecule is N#CC1CCNC1(C(=O)O)c1ccccc1. The molecule has 2 N–H and O–H groups in total. The second-order valence-electron chi connectivity index (χ2n) is 3.88. The maximum atomic E-state index is 11.5. The van der Waals surface area contributed by atoms with Gasteiger partial charge in [-0.1, -0.05) is 30.3 Å². The van der Waals surface area contributed by atoms with E-state index in [1.165, 1.54) is 0 Å². The van der Waals surface area contributed by atoms with Crippen LogP contribution in [0.5, 0.6) is 0 Å². The maximum Gasteiger partial charge on any atom is 0.329 e. The molecule has 2 rings (SSSR count). The third-order valence-electron chi connectivity index (χ3n) is 3.08. The molecule has 1 aromatic carbocycles. The lowest BCUT2D eigenvalue weighted by Gasteiger charge is -2.28. The fourth-order valence-corrected chi connectivity index (χ4v) is 2.27. The first-order chi connectivity index (χ1) is 7.71. The van der Waals surface area contributed by atoms with Crippen LogP contribution in [-0.4, -0.2) is 17.6 Å². The van der Waals surface area contributed by atoms with Crippen LogP contribution in [0.1, 0.15) is 12.0 Å². The minimum atomic E-state index is -1.24. The summed E-state index contributed by atoms with van der Waals surface area (Å²) in [6.45, 7) is 0.555. The van der Waals surface area contributed by atoms with Crippen LogP contribution in [-0.2, 0) is 10.3 Å². The first-order valence-electron chi connectivity index (χ1n) is 5.15. The predicted molar refractivity (Wildman–Crippen MR) is 57.5 cm³/mol. The van der Waals surface area contributed by atoms with Gasteiger partial charge in [0, 0.05) is 0 Å². The van der Waals surface area contributed by atoms with Crippen molar-refractivity contribution in [3.63, 3.8) is 0 Å². The summed E-state index contributed by atoms with van der Waals surface area (Å²) in [5, 5.41) is 21.4. The largest absolute Gasteiger partial charge is 0.480 e. The van der Waals surface area contributed by atoms with Gasteiger partial charge >= 0.3 is 5.97 Å². The molecule has 1 fully saturated rings. The Kier molecular flexibility index (Phi) is 2.63. The van der Waals surface area contributed by atoms with Crippen molar-refractivity contribution in [2.75, 3.05) is 6.54 Å². The smallest absolute Gasteiger partial charge is 0.329 e. The number of hydrogen-bond acceptors (Lipinski definition) is 3. The number of nitrogens with one attached hydrogen (secondary N) is 1. The fourth-order valence-electron chi connectivity index (χ4n) is 2.27. The summed E-state index contributed by atoms with van der Waals surface area (Å²) in [7, 11) is 0. The lowest BCUT2D eigenvalue weighted by molar-refractivity contribution is -0.145. The zero-order valence-electron chi connectivity index (χ0n) is 8.68. The lowest BCUT2D eigenvalue weighted by Crippen LogP contribution is -2.48. The molecule has 4 nitrogen and oxygen atoms in total. The van der Waals surface area contributed by atoms with Gasteiger partial charge < -0.3 is 5.11 Å². The van der Waals surface area contributed by atoms with E-state index in [0.29, 0.717) is 18.5 Å². The molecule has 1 aliphatic heterocycles. The highest BCUT2D eigenvalue weighted by Crippen LogP contribution is 2.36. The molecule has 0 radical (unpaired) electrons. The molecule has 0 spiro atoms. The average Bonchev–Trinajstić information content (AvgIpc) is 2.74. The summed E-state index contributed by atoms with van der Waals surface area (Å²) in [5.74, 6) is -1.50. The number of carbonyl (C=O) groups is 1. The molecule has 0 aromatic heterocycles. The van der Waals surface area contributed by atoms with E-state index in [1.54, 1.807) is 24.3 Å². The molecule has 0 saturated carbocycles. The summed E-state index contributed by atoms with van der Waals surface area (Å²) in [6.07, 6.45) is 0.567. The molecule has 1 saturated heterocycles. The first-order valence-corrected chi connectivity index (χ1v) is 5.15. The van der Waals surface area contributed by atoms with Gasteiger partial charge in [-0.3, -0.25) is 5.32 Å². The van der Waals surface area contributed by atoms with E-state index < -0.39 is 17.4 Å². The molecule has 1 aromatic rings. The molecule has 1 aliphatic rings. The normalized spacial score (nSPS) is 28.6. The molecule has 4 heteroatoms. The molecule has 0 aliphatic carbocycles. The second kappa shape index (κ2) is 3.95. The van der Waals surface area contributed by atoms with Gasteiger partial charge in [0.15, 0.2) is 5.54 Å². The maximum absolute atomic E-state index is 11.5. The zero-order valence-corrected chi connectivity index (χ0v) is 8.68.